The summed E-state index contributed by atoms with van der Waals surface area (Å²) in [6.07, 6.45) is 3.08. The normalized spacial score (nSPS) is 11.0. The number of methoxy groups -OCH3 is 1. The van der Waals surface area contributed by atoms with Crippen LogP contribution in [0.5, 0.6) is 0 Å². The summed E-state index contributed by atoms with van der Waals surface area (Å²) in [5, 5.41) is 4.92. The highest BCUT2D eigenvalue weighted by molar-refractivity contribution is 6.30. The molecule has 0 bridgehead atoms. The standard InChI is InChI=1S/C19H16ClN3O2/c1-13-3-7-15(8-4-13)21-12-18-17(19(24)25-2)11-22-23(18)16-9-5-14(20)6-10-16/h3-12H,1-2H3. The molecule has 0 atom stereocenters. The molecule has 0 radical (unpaired) electrons. The van der Waals surface area contributed by atoms with E-state index in [0.29, 0.717) is 16.3 Å². The van der Waals surface area contributed by atoms with Crippen LogP contribution in [0, 0.1) is 6.92 Å². The van der Waals surface area contributed by atoms with Crippen molar-refractivity contribution < 1.29 is 9.53 Å². The van der Waals surface area contributed by atoms with Crippen LogP contribution in [-0.4, -0.2) is 29.1 Å². The first-order valence-corrected chi connectivity index (χ1v) is 7.99. The minimum atomic E-state index is -0.467. The summed E-state index contributed by atoms with van der Waals surface area (Å²) in [6.45, 7) is 2.01. The van der Waals surface area contributed by atoms with E-state index in [2.05, 4.69) is 10.1 Å². The van der Waals surface area contributed by atoms with Gasteiger partial charge in [-0.05, 0) is 43.3 Å². The number of benzene rings is 2. The number of carbonyl (C=O) groups excluding carboxylic acids is 1. The molecule has 0 unspecified atom stereocenters. The summed E-state index contributed by atoms with van der Waals surface area (Å²) in [5.41, 5.74) is 3.58. The lowest BCUT2D eigenvalue weighted by Gasteiger charge is -2.06. The predicted molar refractivity (Wildman–Crippen MR) is 98.3 cm³/mol. The lowest BCUT2D eigenvalue weighted by atomic mass is 10.2. The van der Waals surface area contributed by atoms with Gasteiger partial charge in [-0.15, -0.1) is 0 Å². The van der Waals surface area contributed by atoms with Gasteiger partial charge in [-0.2, -0.15) is 5.10 Å². The average Bonchev–Trinajstić information content (AvgIpc) is 3.05. The number of nitrogens with zero attached hydrogens (tertiary/aromatic N) is 3. The van der Waals surface area contributed by atoms with E-state index in [-0.39, 0.29) is 0 Å². The van der Waals surface area contributed by atoms with Crippen molar-refractivity contribution in [3.8, 4) is 5.69 Å². The molecule has 6 heteroatoms. The maximum absolute atomic E-state index is 12.0. The van der Waals surface area contributed by atoms with E-state index in [1.54, 1.807) is 23.0 Å². The second kappa shape index (κ2) is 7.32. The van der Waals surface area contributed by atoms with E-state index < -0.39 is 5.97 Å². The number of halogens is 1. The zero-order valence-electron chi connectivity index (χ0n) is 13.8. The highest BCUT2D eigenvalue weighted by Crippen LogP contribution is 2.19. The topological polar surface area (TPSA) is 56.5 Å². The highest BCUT2D eigenvalue weighted by Gasteiger charge is 2.17. The Morgan fingerprint density at radius 1 is 1.16 bits per heavy atom. The van der Waals surface area contributed by atoms with Crippen molar-refractivity contribution in [2.45, 2.75) is 6.92 Å². The van der Waals surface area contributed by atoms with E-state index in [1.165, 1.54) is 13.3 Å². The Balaban J connectivity index is 2.05. The van der Waals surface area contributed by atoms with Crippen LogP contribution in [0.2, 0.25) is 5.02 Å². The molecule has 0 amide bonds. The molecule has 126 valence electrons. The Kier molecular flexibility index (Phi) is 4.95. The van der Waals surface area contributed by atoms with Gasteiger partial charge in [0.2, 0.25) is 0 Å². The number of aryl methyl sites for hydroxylation is 1. The quantitative estimate of drug-likeness (QED) is 0.517. The van der Waals surface area contributed by atoms with Crippen molar-refractivity contribution >= 4 is 29.5 Å². The van der Waals surface area contributed by atoms with E-state index in [0.717, 1.165) is 16.9 Å². The van der Waals surface area contributed by atoms with Gasteiger partial charge in [-0.3, -0.25) is 4.99 Å². The smallest absolute Gasteiger partial charge is 0.341 e. The molecule has 1 aromatic heterocycles. The fraction of sp³-hybridized carbons (Fsp3) is 0.105. The van der Waals surface area contributed by atoms with Gasteiger partial charge in [0, 0.05) is 5.02 Å². The van der Waals surface area contributed by atoms with E-state index >= 15 is 0 Å². The summed E-state index contributed by atoms with van der Waals surface area (Å²) < 4.78 is 6.46. The van der Waals surface area contributed by atoms with Crippen molar-refractivity contribution in [2.75, 3.05) is 7.11 Å². The molecule has 0 fully saturated rings. The van der Waals surface area contributed by atoms with Crippen LogP contribution in [0.25, 0.3) is 5.69 Å². The van der Waals surface area contributed by atoms with Crippen molar-refractivity contribution in [1.82, 2.24) is 9.78 Å². The molecule has 1 heterocycles. The highest BCUT2D eigenvalue weighted by atomic mass is 35.5. The van der Waals surface area contributed by atoms with E-state index in [1.807, 2.05) is 43.3 Å². The fourth-order valence-electron chi connectivity index (χ4n) is 2.30. The van der Waals surface area contributed by atoms with Crippen molar-refractivity contribution in [2.24, 2.45) is 4.99 Å². The van der Waals surface area contributed by atoms with Crippen LogP contribution in [0.4, 0.5) is 5.69 Å². The van der Waals surface area contributed by atoms with Gasteiger partial charge < -0.3 is 4.74 Å². The molecule has 3 rings (SSSR count). The lowest BCUT2D eigenvalue weighted by molar-refractivity contribution is 0.0600. The van der Waals surface area contributed by atoms with Crippen LogP contribution < -0.4 is 0 Å². The molecule has 2 aromatic carbocycles. The molecule has 0 spiro atoms. The summed E-state index contributed by atoms with van der Waals surface area (Å²) in [6, 6.07) is 14.9. The molecule has 0 saturated heterocycles. The Labute approximate surface area is 150 Å². The Morgan fingerprint density at radius 3 is 2.48 bits per heavy atom. The first-order valence-electron chi connectivity index (χ1n) is 7.61. The van der Waals surface area contributed by atoms with Crippen LogP contribution in [0.3, 0.4) is 0 Å². The minimum absolute atomic E-state index is 0.341. The molecule has 3 aromatic rings. The summed E-state index contributed by atoms with van der Waals surface area (Å²) in [7, 11) is 1.34. The second-order valence-electron chi connectivity index (χ2n) is 5.42. The molecule has 0 aliphatic heterocycles. The van der Waals surface area contributed by atoms with Crippen molar-refractivity contribution in [1.29, 1.82) is 0 Å². The van der Waals surface area contributed by atoms with Gasteiger partial charge in [0.1, 0.15) is 5.56 Å². The van der Waals surface area contributed by atoms with Crippen LogP contribution in [0.1, 0.15) is 21.6 Å². The zero-order valence-corrected chi connectivity index (χ0v) is 14.6. The third kappa shape index (κ3) is 3.78. The van der Waals surface area contributed by atoms with E-state index in [4.69, 9.17) is 16.3 Å². The molecule has 25 heavy (non-hydrogen) atoms. The Morgan fingerprint density at radius 2 is 1.84 bits per heavy atom. The monoisotopic (exact) mass is 353 g/mol. The zero-order chi connectivity index (χ0) is 17.8. The average molecular weight is 354 g/mol. The number of carbonyl (C=O) groups is 1. The van der Waals surface area contributed by atoms with Crippen molar-refractivity contribution in [3.05, 3.63) is 76.6 Å². The Hall–Kier alpha value is -2.92. The maximum atomic E-state index is 12.0. The number of aliphatic imine (C=N–C) groups is 1. The van der Waals surface area contributed by atoms with Gasteiger partial charge in [-0.25, -0.2) is 9.48 Å². The SMILES string of the molecule is COC(=O)c1cnn(-c2ccc(Cl)cc2)c1C=Nc1ccc(C)cc1. The predicted octanol–water partition coefficient (Wildman–Crippen LogP) is 4.37. The largest absolute Gasteiger partial charge is 0.465 e. The lowest BCUT2D eigenvalue weighted by Crippen LogP contribution is -2.07. The first-order chi connectivity index (χ1) is 12.1. The van der Waals surface area contributed by atoms with Crippen LogP contribution in [-0.2, 0) is 4.74 Å². The minimum Gasteiger partial charge on any atom is -0.465 e. The third-order valence-electron chi connectivity index (χ3n) is 3.65. The van der Waals surface area contributed by atoms with Crippen molar-refractivity contribution in [3.63, 3.8) is 0 Å². The van der Waals surface area contributed by atoms with Gasteiger partial charge in [0.15, 0.2) is 0 Å². The second-order valence-corrected chi connectivity index (χ2v) is 5.85. The number of esters is 1. The summed E-state index contributed by atoms with van der Waals surface area (Å²) in [5.74, 6) is -0.467. The molecular formula is C19H16ClN3O2. The number of ether oxygens (including phenoxy) is 1. The van der Waals surface area contributed by atoms with Gasteiger partial charge in [-0.1, -0.05) is 29.3 Å². The van der Waals surface area contributed by atoms with Gasteiger partial charge in [0.05, 0.1) is 36.6 Å². The van der Waals surface area contributed by atoms with Gasteiger partial charge >= 0.3 is 5.97 Å². The molecule has 0 aliphatic rings. The molecule has 0 saturated carbocycles. The van der Waals surface area contributed by atoms with Crippen LogP contribution >= 0.6 is 11.6 Å². The number of aromatic nitrogens is 2. The molecule has 0 N–H and O–H groups in total. The Bertz CT molecular complexity index is 913. The summed E-state index contributed by atoms with van der Waals surface area (Å²) in [4.78, 5) is 16.5. The first kappa shape index (κ1) is 16.9. The number of hydrogen-bond donors (Lipinski definition) is 0. The van der Waals surface area contributed by atoms with Crippen LogP contribution in [0.15, 0.2) is 59.7 Å². The van der Waals surface area contributed by atoms with Gasteiger partial charge in [0.25, 0.3) is 0 Å². The molecular weight excluding hydrogens is 338 g/mol. The fourth-order valence-corrected chi connectivity index (χ4v) is 2.43. The molecule has 5 nitrogen and oxygen atoms in total. The summed E-state index contributed by atoms with van der Waals surface area (Å²) >= 11 is 5.94. The number of hydrogen-bond acceptors (Lipinski definition) is 4. The third-order valence-corrected chi connectivity index (χ3v) is 3.90. The molecule has 0 aliphatic carbocycles. The number of rotatable bonds is 4. The van der Waals surface area contributed by atoms with E-state index in [9.17, 15) is 4.79 Å². The maximum Gasteiger partial charge on any atom is 0.341 e.